The largest absolute Gasteiger partial charge is 0.399 e. The van der Waals surface area contributed by atoms with Gasteiger partial charge in [-0.3, -0.25) is 17.2 Å². The molecule has 0 aliphatic rings. The van der Waals surface area contributed by atoms with Crippen LogP contribution >= 0.6 is 0 Å². The van der Waals surface area contributed by atoms with Crippen LogP contribution in [0.5, 0.6) is 0 Å². The van der Waals surface area contributed by atoms with Crippen molar-refractivity contribution in [2.24, 2.45) is 22.9 Å². The highest BCUT2D eigenvalue weighted by molar-refractivity contribution is 5.09. The Morgan fingerprint density at radius 1 is 0.625 bits per heavy atom. The van der Waals surface area contributed by atoms with E-state index in [0.717, 1.165) is 12.8 Å². The van der Waals surface area contributed by atoms with Crippen LogP contribution in [0.1, 0.15) is 110 Å². The van der Waals surface area contributed by atoms with Gasteiger partial charge in [-0.1, -0.05) is 103 Å². The van der Waals surface area contributed by atoms with Crippen molar-refractivity contribution in [1.29, 1.82) is 0 Å². The highest BCUT2D eigenvalue weighted by atomic mass is 15.1. The lowest BCUT2D eigenvalue weighted by Gasteiger charge is -2.18. The Labute approximate surface area is 150 Å². The second-order valence-electron chi connectivity index (χ2n) is 7.33. The van der Waals surface area contributed by atoms with Crippen molar-refractivity contribution in [1.82, 2.24) is 0 Å². The van der Waals surface area contributed by atoms with Gasteiger partial charge in [-0.15, -0.1) is 0 Å². The van der Waals surface area contributed by atoms with Crippen LogP contribution < -0.4 is 22.9 Å². The Balaban J connectivity index is 3.18. The topological polar surface area (TPSA) is 104 Å². The maximum Gasteiger partial charge on any atom is 0.157 e. The van der Waals surface area contributed by atoms with E-state index in [0.29, 0.717) is 5.70 Å². The van der Waals surface area contributed by atoms with Gasteiger partial charge in [0.05, 0.1) is 5.70 Å². The van der Waals surface area contributed by atoms with Gasteiger partial charge in [0.25, 0.3) is 0 Å². The summed E-state index contributed by atoms with van der Waals surface area (Å²) >= 11 is 0. The third kappa shape index (κ3) is 16.3. The van der Waals surface area contributed by atoms with E-state index in [1.807, 2.05) is 6.08 Å². The monoisotopic (exact) mass is 340 g/mol. The minimum Gasteiger partial charge on any atom is -0.399 e. The molecule has 0 aromatic carbocycles. The van der Waals surface area contributed by atoms with E-state index in [-0.39, 0.29) is 0 Å². The quantitative estimate of drug-likeness (QED) is 0.229. The molecule has 0 heterocycles. The average Bonchev–Trinajstić information content (AvgIpc) is 2.53. The van der Waals surface area contributed by atoms with E-state index < -0.39 is 5.79 Å². The van der Waals surface area contributed by atoms with Gasteiger partial charge >= 0.3 is 0 Å². The van der Waals surface area contributed by atoms with Crippen LogP contribution in [0.25, 0.3) is 0 Å². The molecule has 0 aromatic heterocycles. The maximum absolute atomic E-state index is 5.70. The minimum atomic E-state index is -1.37. The molecule has 0 aliphatic heterocycles. The first-order chi connectivity index (χ1) is 11.5. The Morgan fingerprint density at radius 2 is 0.958 bits per heavy atom. The third-order valence-electron chi connectivity index (χ3n) is 4.67. The number of hydrogen-bond donors (Lipinski definition) is 4. The summed E-state index contributed by atoms with van der Waals surface area (Å²) in [6, 6.07) is 0. The molecule has 0 aliphatic carbocycles. The van der Waals surface area contributed by atoms with Gasteiger partial charge in [0.2, 0.25) is 0 Å². The number of nitrogens with two attached hydrogens (primary N) is 4. The molecule has 0 spiro atoms. The van der Waals surface area contributed by atoms with Gasteiger partial charge in [0.1, 0.15) is 0 Å². The van der Waals surface area contributed by atoms with Crippen molar-refractivity contribution in [3.8, 4) is 0 Å². The van der Waals surface area contributed by atoms with Gasteiger partial charge in [-0.05, 0) is 12.8 Å². The van der Waals surface area contributed by atoms with Crippen molar-refractivity contribution < 1.29 is 0 Å². The highest BCUT2D eigenvalue weighted by Crippen LogP contribution is 2.13. The van der Waals surface area contributed by atoms with E-state index in [2.05, 4.69) is 6.92 Å². The summed E-state index contributed by atoms with van der Waals surface area (Å²) in [7, 11) is 0. The highest BCUT2D eigenvalue weighted by Gasteiger charge is 2.14. The van der Waals surface area contributed by atoms with E-state index in [1.165, 1.54) is 89.9 Å². The molecule has 144 valence electrons. The Morgan fingerprint density at radius 3 is 1.29 bits per heavy atom. The lowest BCUT2D eigenvalue weighted by atomic mass is 10.0. The fourth-order valence-electron chi connectivity index (χ4n) is 2.95. The van der Waals surface area contributed by atoms with Crippen LogP contribution in [-0.2, 0) is 0 Å². The van der Waals surface area contributed by atoms with Gasteiger partial charge in [0, 0.05) is 0 Å². The predicted molar refractivity (Wildman–Crippen MR) is 107 cm³/mol. The lowest BCUT2D eigenvalue weighted by Crippen LogP contribution is -2.61. The molecule has 0 fully saturated rings. The average molecular weight is 341 g/mol. The number of allylic oxidation sites excluding steroid dienone is 1. The fraction of sp³-hybridized carbons (Fsp3) is 0.900. The summed E-state index contributed by atoms with van der Waals surface area (Å²) in [6.07, 6.45) is 23.4. The molecule has 0 radical (unpaired) electrons. The molecular weight excluding hydrogens is 296 g/mol. The van der Waals surface area contributed by atoms with Gasteiger partial charge in [0.15, 0.2) is 5.79 Å². The van der Waals surface area contributed by atoms with Crippen LogP contribution in [-0.4, -0.2) is 5.79 Å². The molecule has 0 saturated carbocycles. The van der Waals surface area contributed by atoms with Crippen LogP contribution in [0, 0.1) is 0 Å². The fourth-order valence-corrected chi connectivity index (χ4v) is 2.95. The van der Waals surface area contributed by atoms with E-state index in [4.69, 9.17) is 22.9 Å². The van der Waals surface area contributed by atoms with Crippen molar-refractivity contribution in [2.45, 2.75) is 115 Å². The van der Waals surface area contributed by atoms with Crippen molar-refractivity contribution in [3.63, 3.8) is 0 Å². The molecular formula is C20H44N4. The van der Waals surface area contributed by atoms with Crippen LogP contribution in [0.3, 0.4) is 0 Å². The summed E-state index contributed by atoms with van der Waals surface area (Å²) in [5.41, 5.74) is 22.6. The second-order valence-corrected chi connectivity index (χ2v) is 7.33. The summed E-state index contributed by atoms with van der Waals surface area (Å²) in [5, 5.41) is 0. The Bertz CT molecular complexity index is 295. The van der Waals surface area contributed by atoms with Crippen molar-refractivity contribution in [3.05, 3.63) is 11.8 Å². The summed E-state index contributed by atoms with van der Waals surface area (Å²) < 4.78 is 0. The summed E-state index contributed by atoms with van der Waals surface area (Å²) in [6.45, 7) is 2.28. The van der Waals surface area contributed by atoms with Gasteiger partial charge in [-0.25, -0.2) is 0 Å². The molecule has 8 N–H and O–H groups in total. The first-order valence-electron chi connectivity index (χ1n) is 10.3. The maximum atomic E-state index is 5.70. The van der Waals surface area contributed by atoms with E-state index >= 15 is 0 Å². The normalized spacial score (nSPS) is 12.8. The standard InChI is InChI=1S/C20H44N4/c1-2-3-4-5-6-7-8-9-10-11-12-13-14-15-16-17-18-19(21)20(22,23)24/h18H,2-17,21-24H2,1H3. The van der Waals surface area contributed by atoms with E-state index in [9.17, 15) is 0 Å². The molecule has 0 aromatic rings. The molecule has 4 nitrogen and oxygen atoms in total. The van der Waals surface area contributed by atoms with Crippen LogP contribution in [0.2, 0.25) is 0 Å². The predicted octanol–water partition coefficient (Wildman–Crippen LogP) is 4.62. The third-order valence-corrected chi connectivity index (χ3v) is 4.67. The molecule has 0 atom stereocenters. The zero-order valence-electron chi connectivity index (χ0n) is 16.2. The molecule has 24 heavy (non-hydrogen) atoms. The number of hydrogen-bond acceptors (Lipinski definition) is 4. The van der Waals surface area contributed by atoms with Gasteiger partial charge in [-0.2, -0.15) is 0 Å². The SMILES string of the molecule is CCCCCCCCCCCCCCCCCC=C(N)C(N)(N)N. The smallest absolute Gasteiger partial charge is 0.157 e. The first-order valence-corrected chi connectivity index (χ1v) is 10.3. The molecule has 4 heteroatoms. The zero-order valence-corrected chi connectivity index (χ0v) is 16.2. The van der Waals surface area contributed by atoms with Crippen LogP contribution in [0.15, 0.2) is 11.8 Å². The molecule has 0 bridgehead atoms. The van der Waals surface area contributed by atoms with Crippen LogP contribution in [0.4, 0.5) is 0 Å². The number of unbranched alkanes of at least 4 members (excludes halogenated alkanes) is 15. The minimum absolute atomic E-state index is 0.382. The Kier molecular flexibility index (Phi) is 15.5. The van der Waals surface area contributed by atoms with Crippen molar-refractivity contribution >= 4 is 0 Å². The zero-order chi connectivity index (χ0) is 18.1. The van der Waals surface area contributed by atoms with E-state index in [1.54, 1.807) is 0 Å². The summed E-state index contributed by atoms with van der Waals surface area (Å²) in [5.74, 6) is -1.37. The second kappa shape index (κ2) is 15.9. The molecule has 0 rings (SSSR count). The molecule has 0 amide bonds. The first kappa shape index (κ1) is 23.4. The number of rotatable bonds is 17. The molecule has 0 unspecified atom stereocenters. The molecule has 0 saturated heterocycles. The van der Waals surface area contributed by atoms with Gasteiger partial charge < -0.3 is 5.73 Å². The Hall–Kier alpha value is -0.580. The van der Waals surface area contributed by atoms with Crippen molar-refractivity contribution in [2.75, 3.05) is 0 Å². The lowest BCUT2D eigenvalue weighted by molar-refractivity contribution is 0.528. The summed E-state index contributed by atoms with van der Waals surface area (Å²) in [4.78, 5) is 0.